The molecule has 1 amide bonds. The van der Waals surface area contributed by atoms with Gasteiger partial charge in [0.25, 0.3) is 5.91 Å². The van der Waals surface area contributed by atoms with Gasteiger partial charge in [0.2, 0.25) is 0 Å². The lowest BCUT2D eigenvalue weighted by atomic mass is 10.1. The third kappa shape index (κ3) is 3.78. The molecule has 0 saturated heterocycles. The fraction of sp³-hybridized carbons (Fsp3) is 0.500. The fourth-order valence-corrected chi connectivity index (χ4v) is 2.32. The van der Waals surface area contributed by atoms with E-state index in [-0.39, 0.29) is 19.1 Å². The molecule has 2 rings (SSSR count). The number of nitrogens with zero attached hydrogens (tertiary/aromatic N) is 1. The molecule has 1 aliphatic heterocycles. The Morgan fingerprint density at radius 2 is 2.14 bits per heavy atom. The second kappa shape index (κ2) is 7.49. The summed E-state index contributed by atoms with van der Waals surface area (Å²) in [6.07, 6.45) is 0. The van der Waals surface area contributed by atoms with E-state index < -0.39 is 0 Å². The number of rotatable bonds is 6. The van der Waals surface area contributed by atoms with Crippen molar-refractivity contribution in [1.82, 2.24) is 4.90 Å². The number of fused-ring (bicyclic) bond motifs is 1. The van der Waals surface area contributed by atoms with Crippen LogP contribution < -0.4 is 9.47 Å². The molecule has 21 heavy (non-hydrogen) atoms. The number of hydrogen-bond acceptors (Lipinski definition) is 5. The van der Waals surface area contributed by atoms with E-state index in [2.05, 4.69) is 0 Å². The third-order valence-electron chi connectivity index (χ3n) is 3.07. The summed E-state index contributed by atoms with van der Waals surface area (Å²) in [5, 5.41) is 9.41. The molecule has 0 fully saturated rings. The second-order valence-corrected chi connectivity index (χ2v) is 4.90. The predicted molar refractivity (Wildman–Crippen MR) is 77.3 cm³/mol. The first-order valence-electron chi connectivity index (χ1n) is 6.65. The molecule has 0 aromatic heterocycles. The number of carbonyl (C=O) groups is 1. The zero-order valence-corrected chi connectivity index (χ0v) is 12.6. The number of aliphatic hydroxyl groups is 1. The normalized spacial score (nSPS) is 13.1. The van der Waals surface area contributed by atoms with Crippen LogP contribution in [0.5, 0.6) is 11.5 Å². The van der Waals surface area contributed by atoms with Crippen molar-refractivity contribution in [2.24, 2.45) is 0 Å². The van der Waals surface area contributed by atoms with Gasteiger partial charge in [-0.2, -0.15) is 0 Å². The average molecular weight is 316 g/mol. The summed E-state index contributed by atoms with van der Waals surface area (Å²) in [5.41, 5.74) is 0.397. The van der Waals surface area contributed by atoms with Gasteiger partial charge in [-0.15, -0.1) is 0 Å². The van der Waals surface area contributed by atoms with Gasteiger partial charge < -0.3 is 24.2 Å². The van der Waals surface area contributed by atoms with Crippen LogP contribution in [-0.4, -0.2) is 62.5 Å². The number of halogens is 1. The van der Waals surface area contributed by atoms with Gasteiger partial charge in [0.15, 0.2) is 11.5 Å². The molecule has 7 heteroatoms. The lowest BCUT2D eigenvalue weighted by Crippen LogP contribution is -2.36. The maximum absolute atomic E-state index is 12.5. The van der Waals surface area contributed by atoms with Crippen molar-refractivity contribution in [3.05, 3.63) is 22.7 Å². The quantitative estimate of drug-likeness (QED) is 0.854. The summed E-state index contributed by atoms with van der Waals surface area (Å²) in [4.78, 5) is 14.0. The Balaban J connectivity index is 2.22. The lowest BCUT2D eigenvalue weighted by molar-refractivity contribution is 0.0655. The summed E-state index contributed by atoms with van der Waals surface area (Å²) >= 11 is 6.13. The molecule has 0 unspecified atom stereocenters. The lowest BCUT2D eigenvalue weighted by Gasteiger charge is -2.24. The van der Waals surface area contributed by atoms with E-state index in [1.165, 1.54) is 4.90 Å². The molecule has 0 aliphatic carbocycles. The maximum atomic E-state index is 12.5. The Labute approximate surface area is 128 Å². The van der Waals surface area contributed by atoms with Crippen molar-refractivity contribution in [2.45, 2.75) is 0 Å². The molecule has 6 nitrogen and oxygen atoms in total. The number of aliphatic hydroxyl groups excluding tert-OH is 1. The molecule has 0 radical (unpaired) electrons. The van der Waals surface area contributed by atoms with Crippen LogP contribution >= 0.6 is 11.6 Å². The molecule has 0 saturated carbocycles. The minimum absolute atomic E-state index is 0.117. The number of benzene rings is 1. The molecule has 1 aliphatic rings. The third-order valence-corrected chi connectivity index (χ3v) is 3.35. The van der Waals surface area contributed by atoms with Gasteiger partial charge in [-0.3, -0.25) is 4.79 Å². The largest absolute Gasteiger partial charge is 0.486 e. The first kappa shape index (κ1) is 15.9. The highest BCUT2D eigenvalue weighted by atomic mass is 35.5. The highest BCUT2D eigenvalue weighted by Crippen LogP contribution is 2.38. The first-order valence-corrected chi connectivity index (χ1v) is 7.03. The van der Waals surface area contributed by atoms with Crippen LogP contribution in [-0.2, 0) is 4.74 Å². The van der Waals surface area contributed by atoms with Crippen molar-refractivity contribution in [2.75, 3.05) is 46.6 Å². The van der Waals surface area contributed by atoms with E-state index in [1.54, 1.807) is 19.2 Å². The van der Waals surface area contributed by atoms with Crippen molar-refractivity contribution in [3.63, 3.8) is 0 Å². The average Bonchev–Trinajstić information content (AvgIpc) is 2.50. The summed E-state index contributed by atoms with van der Waals surface area (Å²) in [6.45, 7) is 1.75. The van der Waals surface area contributed by atoms with E-state index >= 15 is 0 Å². The molecule has 1 aromatic rings. The molecule has 0 spiro atoms. The highest BCUT2D eigenvalue weighted by Gasteiger charge is 2.22. The summed E-state index contributed by atoms with van der Waals surface area (Å²) in [6, 6.07) is 3.16. The first-order chi connectivity index (χ1) is 10.2. The number of carbonyl (C=O) groups excluding carboxylic acids is 1. The van der Waals surface area contributed by atoms with E-state index in [4.69, 9.17) is 30.9 Å². The Kier molecular flexibility index (Phi) is 5.67. The minimum Gasteiger partial charge on any atom is -0.486 e. The van der Waals surface area contributed by atoms with Crippen molar-refractivity contribution < 1.29 is 24.1 Å². The molecule has 0 bridgehead atoms. The van der Waals surface area contributed by atoms with Crippen LogP contribution in [0.25, 0.3) is 0 Å². The van der Waals surface area contributed by atoms with E-state index in [0.29, 0.717) is 48.5 Å². The number of methoxy groups -OCH3 is 1. The molecule has 1 heterocycles. The Morgan fingerprint density at radius 1 is 1.38 bits per heavy atom. The second-order valence-electron chi connectivity index (χ2n) is 4.49. The fourth-order valence-electron chi connectivity index (χ4n) is 2.05. The topological polar surface area (TPSA) is 68.2 Å². The molecule has 1 aromatic carbocycles. The van der Waals surface area contributed by atoms with Crippen LogP contribution in [0.2, 0.25) is 5.02 Å². The smallest absolute Gasteiger partial charge is 0.254 e. The number of amides is 1. The van der Waals surface area contributed by atoms with Crippen LogP contribution in [0.3, 0.4) is 0 Å². The number of hydrogen-bond donors (Lipinski definition) is 1. The van der Waals surface area contributed by atoms with E-state index in [1.807, 2.05) is 0 Å². The molecular weight excluding hydrogens is 298 g/mol. The summed E-state index contributed by atoms with van der Waals surface area (Å²) in [5.74, 6) is 0.692. The molecule has 1 N–H and O–H groups in total. The van der Waals surface area contributed by atoms with Crippen LogP contribution in [0.1, 0.15) is 10.4 Å². The SMILES string of the molecule is COCCN(CCO)C(=O)c1cc(Cl)c2c(c1)OCCO2. The monoisotopic (exact) mass is 315 g/mol. The van der Waals surface area contributed by atoms with Gasteiger partial charge in [-0.05, 0) is 12.1 Å². The summed E-state index contributed by atoms with van der Waals surface area (Å²) in [7, 11) is 1.56. The van der Waals surface area contributed by atoms with Crippen molar-refractivity contribution >= 4 is 17.5 Å². The van der Waals surface area contributed by atoms with Crippen molar-refractivity contribution in [3.8, 4) is 11.5 Å². The Hall–Kier alpha value is -1.50. The highest BCUT2D eigenvalue weighted by molar-refractivity contribution is 6.32. The molecule has 0 atom stereocenters. The van der Waals surface area contributed by atoms with Gasteiger partial charge in [0.1, 0.15) is 13.2 Å². The molecular formula is C14H18ClNO5. The zero-order valence-electron chi connectivity index (χ0n) is 11.8. The van der Waals surface area contributed by atoms with Gasteiger partial charge in [-0.1, -0.05) is 11.6 Å². The zero-order chi connectivity index (χ0) is 15.2. The van der Waals surface area contributed by atoms with Crippen LogP contribution in [0.4, 0.5) is 0 Å². The van der Waals surface area contributed by atoms with Gasteiger partial charge in [-0.25, -0.2) is 0 Å². The Morgan fingerprint density at radius 3 is 2.86 bits per heavy atom. The van der Waals surface area contributed by atoms with Gasteiger partial charge >= 0.3 is 0 Å². The van der Waals surface area contributed by atoms with Gasteiger partial charge in [0.05, 0.1) is 18.2 Å². The predicted octanol–water partition coefficient (Wildman–Crippen LogP) is 1.19. The van der Waals surface area contributed by atoms with Gasteiger partial charge in [0, 0.05) is 25.8 Å². The van der Waals surface area contributed by atoms with E-state index in [9.17, 15) is 4.79 Å². The molecule has 116 valence electrons. The summed E-state index contributed by atoms with van der Waals surface area (Å²) < 4.78 is 15.9. The van der Waals surface area contributed by atoms with Crippen LogP contribution in [0, 0.1) is 0 Å². The Bertz CT molecular complexity index is 508. The van der Waals surface area contributed by atoms with Crippen molar-refractivity contribution in [1.29, 1.82) is 0 Å². The maximum Gasteiger partial charge on any atom is 0.254 e. The number of ether oxygens (including phenoxy) is 3. The van der Waals surface area contributed by atoms with Crippen LogP contribution in [0.15, 0.2) is 12.1 Å². The minimum atomic E-state index is -0.236. The van der Waals surface area contributed by atoms with E-state index in [0.717, 1.165) is 0 Å². The standard InChI is InChI=1S/C14H18ClNO5/c1-19-5-3-16(2-4-17)14(18)10-8-11(15)13-12(9-10)20-6-7-21-13/h8-9,17H,2-7H2,1H3.